The average molecular weight is 229 g/mol. The first-order chi connectivity index (χ1) is 7.04. The molecule has 4 heteroatoms. The second kappa shape index (κ2) is 5.26. The third kappa shape index (κ3) is 3.30. The summed E-state index contributed by atoms with van der Waals surface area (Å²) in [5.74, 6) is 5.06. The molecule has 1 aromatic rings. The molecule has 0 saturated heterocycles. The van der Waals surface area contributed by atoms with Crippen molar-refractivity contribution in [2.24, 2.45) is 5.84 Å². The Morgan fingerprint density at radius 3 is 2.80 bits per heavy atom. The van der Waals surface area contributed by atoms with E-state index in [9.17, 15) is 4.39 Å². The molecule has 0 aromatic heterocycles. The summed E-state index contributed by atoms with van der Waals surface area (Å²) in [7, 11) is 0. The molecule has 2 nitrogen and oxygen atoms in total. The number of hydrazine groups is 1. The van der Waals surface area contributed by atoms with Crippen LogP contribution in [0.25, 0.3) is 0 Å². The predicted octanol–water partition coefficient (Wildman–Crippen LogP) is 2.95. The summed E-state index contributed by atoms with van der Waals surface area (Å²) in [5.41, 5.74) is 4.41. The minimum Gasteiger partial charge on any atom is -0.271 e. The number of benzene rings is 1. The van der Waals surface area contributed by atoms with Crippen LogP contribution in [0, 0.1) is 5.82 Å². The van der Waals surface area contributed by atoms with Gasteiger partial charge in [-0.05, 0) is 31.0 Å². The molecule has 0 aliphatic rings. The van der Waals surface area contributed by atoms with Crippen LogP contribution in [0.3, 0.4) is 0 Å². The Balaban J connectivity index is 2.96. The maximum absolute atomic E-state index is 12.8. The lowest BCUT2D eigenvalue weighted by Crippen LogP contribution is -2.28. The molecular weight excluding hydrogens is 215 g/mol. The first-order valence-electron chi connectivity index (χ1n) is 4.60. The average Bonchev–Trinajstić information content (AvgIpc) is 2.14. The molecule has 15 heavy (non-hydrogen) atoms. The molecule has 0 bridgehead atoms. The van der Waals surface area contributed by atoms with E-state index in [-0.39, 0.29) is 11.9 Å². The maximum Gasteiger partial charge on any atom is 0.124 e. The molecule has 0 radical (unpaired) electrons. The van der Waals surface area contributed by atoms with E-state index < -0.39 is 0 Å². The molecule has 1 atom stereocenters. The van der Waals surface area contributed by atoms with E-state index in [1.165, 1.54) is 12.1 Å². The van der Waals surface area contributed by atoms with Crippen LogP contribution in [0.2, 0.25) is 5.02 Å². The smallest absolute Gasteiger partial charge is 0.124 e. The highest BCUT2D eigenvalue weighted by molar-refractivity contribution is 6.31. The summed E-state index contributed by atoms with van der Waals surface area (Å²) in [4.78, 5) is 0. The number of rotatable bonds is 4. The Bertz CT molecular complexity index is 366. The molecule has 82 valence electrons. The number of halogens is 2. The Kier molecular flexibility index (Phi) is 4.27. The minimum atomic E-state index is -0.352. The van der Waals surface area contributed by atoms with Crippen molar-refractivity contribution in [3.05, 3.63) is 46.8 Å². The molecule has 0 spiro atoms. The van der Waals surface area contributed by atoms with Crippen molar-refractivity contribution in [2.45, 2.75) is 19.4 Å². The van der Waals surface area contributed by atoms with Gasteiger partial charge in [0.2, 0.25) is 0 Å². The highest BCUT2D eigenvalue weighted by Crippen LogP contribution is 2.27. The standard InChI is InChI=1S/C11H14ClFN2/c1-7(2)5-11(15-14)9-4-3-8(13)6-10(9)12/h3-4,6,11,15H,1,5,14H2,2H3. The van der Waals surface area contributed by atoms with Crippen molar-refractivity contribution in [2.75, 3.05) is 0 Å². The van der Waals surface area contributed by atoms with Crippen molar-refractivity contribution in [3.8, 4) is 0 Å². The van der Waals surface area contributed by atoms with E-state index in [0.29, 0.717) is 11.4 Å². The first-order valence-corrected chi connectivity index (χ1v) is 4.98. The molecule has 0 heterocycles. The van der Waals surface area contributed by atoms with E-state index >= 15 is 0 Å². The van der Waals surface area contributed by atoms with Crippen LogP contribution in [0.1, 0.15) is 24.9 Å². The predicted molar refractivity (Wildman–Crippen MR) is 60.9 cm³/mol. The summed E-state index contributed by atoms with van der Waals surface area (Å²) in [6, 6.07) is 4.14. The summed E-state index contributed by atoms with van der Waals surface area (Å²) < 4.78 is 12.8. The summed E-state index contributed by atoms with van der Waals surface area (Å²) in [5, 5.41) is 0.374. The molecule has 1 rings (SSSR count). The van der Waals surface area contributed by atoms with Gasteiger partial charge in [0.25, 0.3) is 0 Å². The molecule has 0 aliphatic carbocycles. The van der Waals surface area contributed by atoms with Crippen molar-refractivity contribution in [1.29, 1.82) is 0 Å². The van der Waals surface area contributed by atoms with Gasteiger partial charge in [-0.2, -0.15) is 0 Å². The summed E-state index contributed by atoms with van der Waals surface area (Å²) in [6.45, 7) is 5.71. The van der Waals surface area contributed by atoms with Crippen LogP contribution in [-0.4, -0.2) is 0 Å². The first kappa shape index (κ1) is 12.2. The third-order valence-corrected chi connectivity index (χ3v) is 2.42. The molecule has 3 N–H and O–H groups in total. The van der Waals surface area contributed by atoms with E-state index in [1.807, 2.05) is 6.92 Å². The van der Waals surface area contributed by atoms with Crippen LogP contribution in [-0.2, 0) is 0 Å². The van der Waals surface area contributed by atoms with Gasteiger partial charge in [-0.25, -0.2) is 4.39 Å². The molecule has 1 unspecified atom stereocenters. The maximum atomic E-state index is 12.8. The number of nitrogens with two attached hydrogens (primary N) is 1. The van der Waals surface area contributed by atoms with Crippen LogP contribution < -0.4 is 11.3 Å². The zero-order valence-electron chi connectivity index (χ0n) is 8.56. The van der Waals surface area contributed by atoms with Crippen LogP contribution in [0.15, 0.2) is 30.4 Å². The minimum absolute atomic E-state index is 0.129. The molecule has 0 amide bonds. The van der Waals surface area contributed by atoms with Crippen LogP contribution in [0.5, 0.6) is 0 Å². The summed E-state index contributed by atoms with van der Waals surface area (Å²) in [6.07, 6.45) is 0.669. The molecule has 0 saturated carbocycles. The van der Waals surface area contributed by atoms with Crippen LogP contribution >= 0.6 is 11.6 Å². The van der Waals surface area contributed by atoms with E-state index in [4.69, 9.17) is 17.4 Å². The van der Waals surface area contributed by atoms with Gasteiger partial charge >= 0.3 is 0 Å². The normalized spacial score (nSPS) is 12.5. The number of hydrogen-bond acceptors (Lipinski definition) is 2. The lowest BCUT2D eigenvalue weighted by atomic mass is 10.0. The van der Waals surface area contributed by atoms with Gasteiger partial charge in [-0.1, -0.05) is 23.2 Å². The molecular formula is C11H14ClFN2. The fraction of sp³-hybridized carbons (Fsp3) is 0.273. The van der Waals surface area contributed by atoms with E-state index in [2.05, 4.69) is 12.0 Å². The fourth-order valence-corrected chi connectivity index (χ4v) is 1.69. The Morgan fingerprint density at radius 1 is 1.67 bits per heavy atom. The highest BCUT2D eigenvalue weighted by Gasteiger charge is 2.13. The third-order valence-electron chi connectivity index (χ3n) is 2.09. The van der Waals surface area contributed by atoms with Crippen molar-refractivity contribution >= 4 is 11.6 Å². The number of nitrogens with one attached hydrogen (secondary N) is 1. The monoisotopic (exact) mass is 228 g/mol. The quantitative estimate of drug-likeness (QED) is 0.473. The number of hydrogen-bond donors (Lipinski definition) is 2. The van der Waals surface area contributed by atoms with Crippen molar-refractivity contribution in [1.82, 2.24) is 5.43 Å². The van der Waals surface area contributed by atoms with Gasteiger partial charge in [0, 0.05) is 5.02 Å². The zero-order chi connectivity index (χ0) is 11.4. The van der Waals surface area contributed by atoms with Gasteiger partial charge in [0.1, 0.15) is 5.82 Å². The second-order valence-corrected chi connectivity index (χ2v) is 3.95. The van der Waals surface area contributed by atoms with Crippen molar-refractivity contribution in [3.63, 3.8) is 0 Å². The Morgan fingerprint density at radius 2 is 2.33 bits per heavy atom. The topological polar surface area (TPSA) is 38.0 Å². The van der Waals surface area contributed by atoms with Gasteiger partial charge in [-0.3, -0.25) is 11.3 Å². The molecule has 1 aromatic carbocycles. The second-order valence-electron chi connectivity index (χ2n) is 3.55. The summed E-state index contributed by atoms with van der Waals surface area (Å²) >= 11 is 5.92. The Hall–Kier alpha value is -0.900. The van der Waals surface area contributed by atoms with Gasteiger partial charge in [0.15, 0.2) is 0 Å². The molecule has 0 aliphatic heterocycles. The zero-order valence-corrected chi connectivity index (χ0v) is 9.31. The van der Waals surface area contributed by atoms with E-state index in [1.54, 1.807) is 6.07 Å². The SMILES string of the molecule is C=C(C)CC(NN)c1ccc(F)cc1Cl. The Labute approximate surface area is 93.9 Å². The van der Waals surface area contributed by atoms with Crippen LogP contribution in [0.4, 0.5) is 4.39 Å². The van der Waals surface area contributed by atoms with Crippen molar-refractivity contribution < 1.29 is 4.39 Å². The van der Waals surface area contributed by atoms with Gasteiger partial charge in [0.05, 0.1) is 6.04 Å². The fourth-order valence-electron chi connectivity index (χ4n) is 1.39. The lowest BCUT2D eigenvalue weighted by molar-refractivity contribution is 0.548. The largest absolute Gasteiger partial charge is 0.271 e. The van der Waals surface area contributed by atoms with Gasteiger partial charge in [-0.15, -0.1) is 6.58 Å². The lowest BCUT2D eigenvalue weighted by Gasteiger charge is -2.17. The highest BCUT2D eigenvalue weighted by atomic mass is 35.5. The van der Waals surface area contributed by atoms with E-state index in [0.717, 1.165) is 11.1 Å². The van der Waals surface area contributed by atoms with Gasteiger partial charge < -0.3 is 0 Å². The molecule has 0 fully saturated rings.